The van der Waals surface area contributed by atoms with Crippen LogP contribution in [0.1, 0.15) is 11.1 Å². The quantitative estimate of drug-likeness (QED) is 0.777. The van der Waals surface area contributed by atoms with Crippen molar-refractivity contribution < 1.29 is 34.1 Å². The van der Waals surface area contributed by atoms with Gasteiger partial charge in [0.15, 0.2) is 0 Å². The molecule has 1 N–H and O–H groups in total. The van der Waals surface area contributed by atoms with E-state index >= 15 is 0 Å². The fourth-order valence-electron chi connectivity index (χ4n) is 0.802. The van der Waals surface area contributed by atoms with Crippen LogP contribution in [0, 0.1) is 0 Å². The average Bonchev–Trinajstić information content (AvgIpc) is 2.03. The van der Waals surface area contributed by atoms with Crippen LogP contribution in [0.5, 0.6) is 0 Å². The molecule has 0 spiro atoms. The fraction of sp³-hybridized carbons (Fsp3) is 0.125. The van der Waals surface area contributed by atoms with Gasteiger partial charge in [-0.25, -0.2) is 0 Å². The number of alkyl halides is 3. The van der Waals surface area contributed by atoms with E-state index in [2.05, 4.69) is 15.9 Å². The molecule has 0 amide bonds. The van der Waals surface area contributed by atoms with Gasteiger partial charge in [-0.2, -0.15) is 0 Å². The Kier molecular flexibility index (Phi) is 2.91. The topological polar surface area (TPSA) is 20.2 Å². The van der Waals surface area contributed by atoms with E-state index in [1.54, 1.807) is 0 Å². The molecular formula is C8H5CrF3O. The number of hydrogen-bond donors (Lipinski definition) is 1. The molecule has 13 heavy (non-hydrogen) atoms. The van der Waals surface area contributed by atoms with Gasteiger partial charge in [-0.1, -0.05) is 0 Å². The van der Waals surface area contributed by atoms with Crippen LogP contribution in [0.3, 0.4) is 0 Å². The van der Waals surface area contributed by atoms with Crippen LogP contribution in [0.2, 0.25) is 0 Å². The SMILES string of the molecule is O[C](=[Cr])c1ccc(C(F)(F)F)cc1. The normalized spacial score (nSPS) is 11.4. The molecule has 1 aromatic carbocycles. The summed E-state index contributed by atoms with van der Waals surface area (Å²) in [4.78, 5) is 0. The number of rotatable bonds is 1. The number of aliphatic hydroxyl groups is 1. The van der Waals surface area contributed by atoms with Crippen LogP contribution in [-0.4, -0.2) is 9.67 Å². The summed E-state index contributed by atoms with van der Waals surface area (Å²) in [5.74, 6) is 0. The van der Waals surface area contributed by atoms with Crippen LogP contribution in [0.15, 0.2) is 24.3 Å². The van der Waals surface area contributed by atoms with E-state index < -0.39 is 11.7 Å². The van der Waals surface area contributed by atoms with Crippen LogP contribution >= 0.6 is 0 Å². The second-order valence-corrected chi connectivity index (χ2v) is 2.98. The number of aliphatic hydroxyl groups excluding tert-OH is 1. The second kappa shape index (κ2) is 3.62. The van der Waals surface area contributed by atoms with Gasteiger partial charge in [-0.3, -0.25) is 0 Å². The summed E-state index contributed by atoms with van der Waals surface area (Å²) in [6.45, 7) is 0. The van der Waals surface area contributed by atoms with Crippen molar-refractivity contribution in [3.8, 4) is 0 Å². The third-order valence-corrected chi connectivity index (χ3v) is 1.83. The van der Waals surface area contributed by atoms with Crippen molar-refractivity contribution in [2.24, 2.45) is 0 Å². The summed E-state index contributed by atoms with van der Waals surface area (Å²) in [5, 5.41) is 8.90. The Bertz CT molecular complexity index is 315. The van der Waals surface area contributed by atoms with Crippen molar-refractivity contribution in [3.05, 3.63) is 35.4 Å². The molecule has 0 heterocycles. The molecule has 0 aromatic heterocycles. The van der Waals surface area contributed by atoms with Gasteiger partial charge >= 0.3 is 80.3 Å². The monoisotopic (exact) mass is 226 g/mol. The van der Waals surface area contributed by atoms with Gasteiger partial charge in [-0.15, -0.1) is 0 Å². The Morgan fingerprint density at radius 1 is 1.15 bits per heavy atom. The molecule has 0 saturated heterocycles. The van der Waals surface area contributed by atoms with Gasteiger partial charge < -0.3 is 0 Å². The van der Waals surface area contributed by atoms with Crippen molar-refractivity contribution >= 4 is 4.57 Å². The van der Waals surface area contributed by atoms with E-state index in [-0.39, 0.29) is 4.57 Å². The van der Waals surface area contributed by atoms with Crippen LogP contribution < -0.4 is 0 Å². The maximum absolute atomic E-state index is 12.0. The van der Waals surface area contributed by atoms with Gasteiger partial charge in [0, 0.05) is 0 Å². The van der Waals surface area contributed by atoms with Gasteiger partial charge in [0.2, 0.25) is 0 Å². The molecule has 0 fully saturated rings. The zero-order valence-corrected chi connectivity index (χ0v) is 7.57. The number of benzene rings is 1. The number of halogens is 3. The Morgan fingerprint density at radius 3 is 1.92 bits per heavy atom. The summed E-state index contributed by atoms with van der Waals surface area (Å²) in [5.41, 5.74) is -0.384. The molecule has 0 aliphatic rings. The molecule has 0 unspecified atom stereocenters. The summed E-state index contributed by atoms with van der Waals surface area (Å²) in [6, 6.07) is 4.25. The minimum absolute atomic E-state index is 0.117. The summed E-state index contributed by atoms with van der Waals surface area (Å²) in [6.07, 6.45) is -4.33. The van der Waals surface area contributed by atoms with E-state index in [1.807, 2.05) is 0 Å². The van der Waals surface area contributed by atoms with Gasteiger partial charge in [0.05, 0.1) is 0 Å². The van der Waals surface area contributed by atoms with Crippen LogP contribution in [0.25, 0.3) is 0 Å². The summed E-state index contributed by atoms with van der Waals surface area (Å²) in [7, 11) is 0. The first kappa shape index (κ1) is 10.5. The zero-order chi connectivity index (χ0) is 10.1. The maximum atomic E-state index is 12.0. The Labute approximate surface area is 80.8 Å². The van der Waals surface area contributed by atoms with Gasteiger partial charge in [0.25, 0.3) is 0 Å². The molecule has 70 valence electrons. The van der Waals surface area contributed by atoms with E-state index in [0.717, 1.165) is 12.1 Å². The van der Waals surface area contributed by atoms with Crippen molar-refractivity contribution in [2.75, 3.05) is 0 Å². The van der Waals surface area contributed by atoms with E-state index in [9.17, 15) is 13.2 Å². The summed E-state index contributed by atoms with van der Waals surface area (Å²) < 4.78 is 36.0. The second-order valence-electron chi connectivity index (χ2n) is 2.38. The Balaban J connectivity index is 3.01. The van der Waals surface area contributed by atoms with Crippen molar-refractivity contribution in [1.29, 1.82) is 0 Å². The zero-order valence-electron chi connectivity index (χ0n) is 6.30. The molecule has 0 radical (unpaired) electrons. The first-order valence-corrected chi connectivity index (χ1v) is 3.95. The molecule has 0 aliphatic carbocycles. The molecule has 5 heteroatoms. The Hall–Kier alpha value is -0.628. The molecule has 0 bridgehead atoms. The van der Waals surface area contributed by atoms with E-state index in [1.165, 1.54) is 12.1 Å². The Morgan fingerprint density at radius 2 is 1.62 bits per heavy atom. The number of hydrogen-bond acceptors (Lipinski definition) is 1. The molecular weight excluding hydrogens is 221 g/mol. The third-order valence-electron chi connectivity index (χ3n) is 1.46. The fourth-order valence-corrected chi connectivity index (χ4v) is 1.01. The average molecular weight is 226 g/mol. The molecule has 1 rings (SSSR count). The summed E-state index contributed by atoms with van der Waals surface area (Å²) >= 11 is 2.31. The predicted molar refractivity (Wildman–Crippen MR) is 37.5 cm³/mol. The molecule has 0 saturated carbocycles. The van der Waals surface area contributed by atoms with Gasteiger partial charge in [-0.05, 0) is 0 Å². The standard InChI is InChI=1S/C8H5F3O.Cr/c9-8(10,11)7-3-1-6(5-12)2-4-7;/h1-4,12H;. The van der Waals surface area contributed by atoms with Crippen molar-refractivity contribution in [1.82, 2.24) is 0 Å². The predicted octanol–water partition coefficient (Wildman–Crippen LogP) is 2.10. The van der Waals surface area contributed by atoms with Crippen LogP contribution in [-0.2, 0) is 22.0 Å². The molecule has 1 aromatic rings. The minimum atomic E-state index is -4.33. The molecule has 0 atom stereocenters. The first-order chi connectivity index (χ1) is 5.91. The van der Waals surface area contributed by atoms with E-state index in [0.29, 0.717) is 5.56 Å². The van der Waals surface area contributed by atoms with E-state index in [4.69, 9.17) is 5.11 Å². The van der Waals surface area contributed by atoms with Crippen molar-refractivity contribution in [3.63, 3.8) is 0 Å². The van der Waals surface area contributed by atoms with Crippen LogP contribution in [0.4, 0.5) is 13.2 Å². The third kappa shape index (κ3) is 2.66. The molecule has 0 aliphatic heterocycles. The van der Waals surface area contributed by atoms with Gasteiger partial charge in [0.1, 0.15) is 0 Å². The first-order valence-electron chi connectivity index (χ1n) is 3.32. The molecule has 1 nitrogen and oxygen atoms in total. The van der Waals surface area contributed by atoms with Crippen molar-refractivity contribution in [2.45, 2.75) is 6.18 Å².